The van der Waals surface area contributed by atoms with Crippen LogP contribution >= 0.6 is 0 Å². The minimum Gasteiger partial charge on any atom is -0.324 e. The van der Waals surface area contributed by atoms with Gasteiger partial charge in [-0.3, -0.25) is 0 Å². The van der Waals surface area contributed by atoms with Gasteiger partial charge in [-0.1, -0.05) is 24.3 Å². The molecule has 0 fully saturated rings. The summed E-state index contributed by atoms with van der Waals surface area (Å²) < 4.78 is 51.0. The molecule has 1 unspecified atom stereocenters. The van der Waals surface area contributed by atoms with Crippen molar-refractivity contribution in [1.29, 1.82) is 0 Å². The van der Waals surface area contributed by atoms with Gasteiger partial charge in [0.2, 0.25) is 0 Å². The van der Waals surface area contributed by atoms with Gasteiger partial charge in [0.25, 0.3) is 0 Å². The van der Waals surface area contributed by atoms with E-state index < -0.39 is 17.6 Å². The van der Waals surface area contributed by atoms with E-state index in [0.29, 0.717) is 11.1 Å². The molecule has 0 spiro atoms. The first-order valence-corrected chi connectivity index (χ1v) is 6.01. The molecule has 0 saturated heterocycles. The van der Waals surface area contributed by atoms with E-state index in [4.69, 9.17) is 5.73 Å². The molecule has 0 bridgehead atoms. The zero-order valence-electron chi connectivity index (χ0n) is 10.7. The molecule has 2 N–H and O–H groups in total. The molecule has 0 amide bonds. The zero-order chi connectivity index (χ0) is 14.9. The first-order chi connectivity index (χ1) is 9.29. The summed E-state index contributed by atoms with van der Waals surface area (Å²) in [6.07, 6.45) is -4.68. The molecule has 1 nitrogen and oxygen atoms in total. The van der Waals surface area contributed by atoms with Crippen LogP contribution in [0.5, 0.6) is 0 Å². The number of hydrogen-bond acceptors (Lipinski definition) is 1. The van der Waals surface area contributed by atoms with Crippen LogP contribution in [0.15, 0.2) is 42.5 Å². The molecular formula is C15H13F4N. The van der Waals surface area contributed by atoms with Crippen LogP contribution in [0, 0.1) is 5.82 Å². The second-order valence-electron chi connectivity index (χ2n) is 4.61. The van der Waals surface area contributed by atoms with Crippen LogP contribution in [0.1, 0.15) is 24.1 Å². The van der Waals surface area contributed by atoms with E-state index in [0.717, 1.165) is 17.7 Å². The average Bonchev–Trinajstić information content (AvgIpc) is 2.37. The summed E-state index contributed by atoms with van der Waals surface area (Å²) in [5, 5.41) is 0. The fourth-order valence-electron chi connectivity index (χ4n) is 1.93. The van der Waals surface area contributed by atoms with Gasteiger partial charge < -0.3 is 5.73 Å². The lowest BCUT2D eigenvalue weighted by atomic mass is 9.99. The minimum absolute atomic E-state index is 0.200. The number of halogens is 4. The summed E-state index contributed by atoms with van der Waals surface area (Å²) in [5.41, 5.74) is 6.34. The monoisotopic (exact) mass is 283 g/mol. The summed E-state index contributed by atoms with van der Waals surface area (Å²) in [4.78, 5) is 0. The Bertz CT molecular complexity index is 618. The van der Waals surface area contributed by atoms with E-state index in [1.165, 1.54) is 6.07 Å². The lowest BCUT2D eigenvalue weighted by Gasteiger charge is -2.11. The average molecular weight is 283 g/mol. The molecule has 0 aromatic heterocycles. The first-order valence-electron chi connectivity index (χ1n) is 6.01. The van der Waals surface area contributed by atoms with Crippen LogP contribution in [-0.2, 0) is 6.18 Å². The molecule has 0 heterocycles. The van der Waals surface area contributed by atoms with E-state index in [1.807, 2.05) is 6.07 Å². The van der Waals surface area contributed by atoms with Gasteiger partial charge in [-0.2, -0.15) is 13.2 Å². The van der Waals surface area contributed by atoms with E-state index in [1.54, 1.807) is 25.1 Å². The smallest absolute Gasteiger partial charge is 0.324 e. The highest BCUT2D eigenvalue weighted by molar-refractivity contribution is 5.65. The van der Waals surface area contributed by atoms with Crippen molar-refractivity contribution >= 4 is 0 Å². The van der Waals surface area contributed by atoms with Gasteiger partial charge >= 0.3 is 6.18 Å². The van der Waals surface area contributed by atoms with E-state index in [2.05, 4.69) is 0 Å². The zero-order valence-corrected chi connectivity index (χ0v) is 10.7. The summed E-state index contributed by atoms with van der Waals surface area (Å²) in [6, 6.07) is 9.70. The van der Waals surface area contributed by atoms with E-state index in [-0.39, 0.29) is 6.04 Å². The highest BCUT2D eigenvalue weighted by Gasteiger charge is 2.33. The van der Waals surface area contributed by atoms with E-state index >= 15 is 0 Å². The van der Waals surface area contributed by atoms with Crippen molar-refractivity contribution in [3.05, 3.63) is 59.4 Å². The molecule has 2 aromatic rings. The molecular weight excluding hydrogens is 270 g/mol. The van der Waals surface area contributed by atoms with Crippen LogP contribution in [-0.4, -0.2) is 0 Å². The summed E-state index contributed by atoms with van der Waals surface area (Å²) in [7, 11) is 0. The second kappa shape index (κ2) is 5.25. The van der Waals surface area contributed by atoms with Crippen molar-refractivity contribution in [2.75, 3.05) is 0 Å². The van der Waals surface area contributed by atoms with Gasteiger partial charge in [0.05, 0.1) is 5.56 Å². The lowest BCUT2D eigenvalue weighted by molar-refractivity contribution is -0.139. The third kappa shape index (κ3) is 2.99. The molecule has 0 radical (unpaired) electrons. The minimum atomic E-state index is -4.68. The maximum absolute atomic E-state index is 13.5. The third-order valence-corrected chi connectivity index (χ3v) is 3.02. The summed E-state index contributed by atoms with van der Waals surface area (Å²) in [5.74, 6) is -1.28. The Balaban J connectivity index is 2.44. The van der Waals surface area contributed by atoms with Crippen LogP contribution in [0.3, 0.4) is 0 Å². The van der Waals surface area contributed by atoms with Gasteiger partial charge in [-0.25, -0.2) is 4.39 Å². The van der Waals surface area contributed by atoms with Crippen molar-refractivity contribution in [2.24, 2.45) is 5.73 Å². The number of nitrogens with two attached hydrogens (primary N) is 1. The molecule has 2 aromatic carbocycles. The number of hydrogen-bond donors (Lipinski definition) is 1. The van der Waals surface area contributed by atoms with Crippen molar-refractivity contribution < 1.29 is 17.6 Å². The summed E-state index contributed by atoms with van der Waals surface area (Å²) >= 11 is 0. The van der Waals surface area contributed by atoms with Gasteiger partial charge in [0.1, 0.15) is 5.82 Å². The molecule has 20 heavy (non-hydrogen) atoms. The van der Waals surface area contributed by atoms with Gasteiger partial charge in [-0.05, 0) is 41.8 Å². The van der Waals surface area contributed by atoms with Crippen LogP contribution in [0.2, 0.25) is 0 Å². The fraction of sp³-hybridized carbons (Fsp3) is 0.200. The van der Waals surface area contributed by atoms with Crippen LogP contribution < -0.4 is 5.73 Å². The highest BCUT2D eigenvalue weighted by atomic mass is 19.4. The number of rotatable bonds is 2. The second-order valence-corrected chi connectivity index (χ2v) is 4.61. The summed E-state index contributed by atoms with van der Waals surface area (Å²) in [6.45, 7) is 1.80. The van der Waals surface area contributed by atoms with Gasteiger partial charge in [0, 0.05) is 6.04 Å². The normalized spacial score (nSPS) is 13.3. The number of benzene rings is 2. The molecule has 0 aliphatic heterocycles. The standard InChI is InChI=1S/C15H13F4N/c1-9(20)10-3-2-4-11(7-10)12-5-6-13(14(16)8-12)15(17,18)19/h2-9H,20H2,1H3. The Morgan fingerprint density at radius 2 is 1.65 bits per heavy atom. The Labute approximate surface area is 114 Å². The largest absolute Gasteiger partial charge is 0.419 e. The number of alkyl halides is 3. The first kappa shape index (κ1) is 14.5. The topological polar surface area (TPSA) is 26.0 Å². The Morgan fingerprint density at radius 3 is 2.20 bits per heavy atom. The van der Waals surface area contributed by atoms with Crippen LogP contribution in [0.4, 0.5) is 17.6 Å². The molecule has 2 rings (SSSR count). The lowest BCUT2D eigenvalue weighted by Crippen LogP contribution is -2.08. The highest BCUT2D eigenvalue weighted by Crippen LogP contribution is 2.33. The SMILES string of the molecule is CC(N)c1cccc(-c2ccc(C(F)(F)F)c(F)c2)c1. The third-order valence-electron chi connectivity index (χ3n) is 3.02. The molecule has 1 atom stereocenters. The molecule has 0 aliphatic carbocycles. The van der Waals surface area contributed by atoms with Gasteiger partial charge in [0.15, 0.2) is 0 Å². The van der Waals surface area contributed by atoms with Crippen LogP contribution in [0.25, 0.3) is 11.1 Å². The molecule has 0 saturated carbocycles. The molecule has 0 aliphatic rings. The molecule has 106 valence electrons. The Morgan fingerprint density at radius 1 is 1.00 bits per heavy atom. The van der Waals surface area contributed by atoms with Gasteiger partial charge in [-0.15, -0.1) is 0 Å². The van der Waals surface area contributed by atoms with E-state index in [9.17, 15) is 17.6 Å². The Kier molecular flexibility index (Phi) is 3.81. The van der Waals surface area contributed by atoms with Crippen molar-refractivity contribution in [3.8, 4) is 11.1 Å². The predicted octanol–water partition coefficient (Wildman–Crippen LogP) is 4.53. The quantitative estimate of drug-likeness (QED) is 0.805. The fourth-order valence-corrected chi connectivity index (χ4v) is 1.93. The van der Waals surface area contributed by atoms with Crippen molar-refractivity contribution in [2.45, 2.75) is 19.1 Å². The maximum Gasteiger partial charge on any atom is 0.419 e. The van der Waals surface area contributed by atoms with Crippen molar-refractivity contribution in [1.82, 2.24) is 0 Å². The maximum atomic E-state index is 13.5. The van der Waals surface area contributed by atoms with Crippen molar-refractivity contribution in [3.63, 3.8) is 0 Å². The predicted molar refractivity (Wildman–Crippen MR) is 69.4 cm³/mol. The molecule has 5 heteroatoms. The Hall–Kier alpha value is -1.88.